The number of hydrogen-bond donors (Lipinski definition) is 0. The average molecular weight is 248 g/mol. The Morgan fingerprint density at radius 1 is 1.33 bits per heavy atom. The predicted octanol–water partition coefficient (Wildman–Crippen LogP) is 3.71. The van der Waals surface area contributed by atoms with Crippen LogP contribution in [0.15, 0.2) is 11.6 Å². The Bertz CT molecular complexity index is 425. The van der Waals surface area contributed by atoms with Crippen LogP contribution in [0, 0.1) is 23.2 Å². The van der Waals surface area contributed by atoms with Crippen LogP contribution in [0.1, 0.15) is 53.4 Å². The summed E-state index contributed by atoms with van der Waals surface area (Å²) in [5.74, 6) is 1.11. The quantitative estimate of drug-likeness (QED) is 0.482. The summed E-state index contributed by atoms with van der Waals surface area (Å²) in [5.41, 5.74) is 1.23. The molecule has 0 aromatic rings. The minimum Gasteiger partial charge on any atom is -0.454 e. The number of ether oxygens (including phenoxy) is 1. The highest BCUT2D eigenvalue weighted by atomic mass is 16.6. The maximum absolute atomic E-state index is 12.1. The van der Waals surface area contributed by atoms with E-state index >= 15 is 0 Å². The van der Waals surface area contributed by atoms with Gasteiger partial charge in [-0.15, -0.1) is 0 Å². The Kier molecular flexibility index (Phi) is 2.46. The fourth-order valence-electron chi connectivity index (χ4n) is 4.65. The van der Waals surface area contributed by atoms with E-state index in [0.717, 1.165) is 19.3 Å². The van der Waals surface area contributed by atoms with Gasteiger partial charge < -0.3 is 4.74 Å². The molecule has 1 aliphatic heterocycles. The Hall–Kier alpha value is -0.790. The molecule has 0 aromatic carbocycles. The molecule has 0 aromatic heterocycles. The molecular formula is C16H24O2. The van der Waals surface area contributed by atoms with E-state index < -0.39 is 0 Å². The third kappa shape index (κ3) is 1.27. The van der Waals surface area contributed by atoms with Gasteiger partial charge in [0.25, 0.3) is 0 Å². The third-order valence-electron chi connectivity index (χ3n) is 6.19. The van der Waals surface area contributed by atoms with Crippen LogP contribution in [0.5, 0.6) is 0 Å². The molecule has 3 rings (SSSR count). The zero-order valence-corrected chi connectivity index (χ0v) is 12.0. The number of hydrogen-bond acceptors (Lipinski definition) is 2. The summed E-state index contributed by atoms with van der Waals surface area (Å²) in [6.07, 6.45) is 6.98. The maximum atomic E-state index is 12.1. The molecule has 0 amide bonds. The summed E-state index contributed by atoms with van der Waals surface area (Å²) in [5, 5.41) is 0. The van der Waals surface area contributed by atoms with Gasteiger partial charge in [-0.3, -0.25) is 4.79 Å². The Morgan fingerprint density at radius 3 is 2.78 bits per heavy atom. The lowest BCUT2D eigenvalue weighted by atomic mass is 9.50. The molecule has 18 heavy (non-hydrogen) atoms. The van der Waals surface area contributed by atoms with Gasteiger partial charge in [-0.1, -0.05) is 26.3 Å². The molecule has 2 heteroatoms. The molecule has 3 aliphatic rings. The van der Waals surface area contributed by atoms with E-state index in [9.17, 15) is 4.79 Å². The van der Waals surface area contributed by atoms with Crippen molar-refractivity contribution in [2.24, 2.45) is 23.2 Å². The first-order chi connectivity index (χ1) is 8.41. The van der Waals surface area contributed by atoms with E-state index in [2.05, 4.69) is 33.8 Å². The third-order valence-corrected chi connectivity index (χ3v) is 6.19. The number of carbonyl (C=O) groups is 1. The van der Waals surface area contributed by atoms with E-state index in [-0.39, 0.29) is 22.9 Å². The lowest BCUT2D eigenvalue weighted by Gasteiger charge is -2.56. The fourth-order valence-corrected chi connectivity index (χ4v) is 4.65. The molecule has 5 atom stereocenters. The zero-order chi connectivity index (χ0) is 13.1. The zero-order valence-electron chi connectivity index (χ0n) is 12.0. The van der Waals surface area contributed by atoms with Crippen LogP contribution in [0.25, 0.3) is 0 Å². The van der Waals surface area contributed by atoms with Crippen molar-refractivity contribution in [3.8, 4) is 0 Å². The molecular weight excluding hydrogens is 224 g/mol. The second-order valence-corrected chi connectivity index (χ2v) is 7.00. The average Bonchev–Trinajstić information content (AvgIpc) is 2.55. The molecule has 0 N–H and O–H groups in total. The van der Waals surface area contributed by atoms with E-state index in [1.807, 2.05) is 0 Å². The van der Waals surface area contributed by atoms with Gasteiger partial charge in [0.15, 0.2) is 0 Å². The molecule has 100 valence electrons. The predicted molar refractivity (Wildman–Crippen MR) is 71.0 cm³/mol. The van der Waals surface area contributed by atoms with Gasteiger partial charge in [-0.25, -0.2) is 0 Å². The maximum Gasteiger partial charge on any atom is 0.310 e. The van der Waals surface area contributed by atoms with Crippen molar-refractivity contribution in [2.45, 2.75) is 59.0 Å². The topological polar surface area (TPSA) is 26.3 Å². The molecule has 1 saturated heterocycles. The normalized spacial score (nSPS) is 51.2. The lowest BCUT2D eigenvalue weighted by molar-refractivity contribution is -0.169. The minimum atomic E-state index is -0.302. The molecule has 2 nitrogen and oxygen atoms in total. The van der Waals surface area contributed by atoms with Gasteiger partial charge in [0.05, 0.1) is 5.92 Å². The van der Waals surface area contributed by atoms with Crippen molar-refractivity contribution in [3.63, 3.8) is 0 Å². The van der Waals surface area contributed by atoms with Gasteiger partial charge in [0.1, 0.15) is 5.60 Å². The summed E-state index contributed by atoms with van der Waals surface area (Å²) in [7, 11) is 0. The molecule has 1 spiro atoms. The Balaban J connectivity index is 2.16. The summed E-state index contributed by atoms with van der Waals surface area (Å²) in [4.78, 5) is 12.1. The van der Waals surface area contributed by atoms with Crippen LogP contribution < -0.4 is 0 Å². The van der Waals surface area contributed by atoms with E-state index in [0.29, 0.717) is 11.8 Å². The first-order valence-corrected chi connectivity index (χ1v) is 7.32. The molecule has 1 heterocycles. The minimum absolute atomic E-state index is 0.0197. The van der Waals surface area contributed by atoms with Crippen LogP contribution in [0.2, 0.25) is 0 Å². The van der Waals surface area contributed by atoms with Crippen molar-refractivity contribution >= 4 is 5.97 Å². The van der Waals surface area contributed by atoms with Crippen molar-refractivity contribution in [3.05, 3.63) is 11.6 Å². The van der Waals surface area contributed by atoms with Gasteiger partial charge in [-0.05, 0) is 44.6 Å². The van der Waals surface area contributed by atoms with E-state index in [1.165, 1.54) is 12.0 Å². The molecule has 0 radical (unpaired) electrons. The SMILES string of the molecule is CC1=C[C@@]23OC(=O)[C@H](C)[C@@H]2CC[C@@H](C)[C@]3(C)CC1. The monoisotopic (exact) mass is 248 g/mol. The van der Waals surface area contributed by atoms with Crippen molar-refractivity contribution in [1.29, 1.82) is 0 Å². The van der Waals surface area contributed by atoms with E-state index in [1.54, 1.807) is 0 Å². The molecule has 2 fully saturated rings. The summed E-state index contributed by atoms with van der Waals surface area (Å²) in [6, 6.07) is 0. The molecule has 2 aliphatic carbocycles. The Labute approximate surface area is 110 Å². The standard InChI is InChI=1S/C16H24O2/c1-10-7-8-15(4)11(2)5-6-13-12(3)14(17)18-16(13,15)9-10/h9,11-13H,5-8H2,1-4H3/t11-,12-,13+,15+,16-/m1/s1. The molecule has 1 saturated carbocycles. The molecule has 0 unspecified atom stereocenters. The highest BCUT2D eigenvalue weighted by Crippen LogP contribution is 2.62. The van der Waals surface area contributed by atoms with Crippen LogP contribution >= 0.6 is 0 Å². The van der Waals surface area contributed by atoms with Crippen LogP contribution in [-0.4, -0.2) is 11.6 Å². The van der Waals surface area contributed by atoms with Crippen molar-refractivity contribution in [1.82, 2.24) is 0 Å². The van der Waals surface area contributed by atoms with Crippen LogP contribution in [0.4, 0.5) is 0 Å². The largest absolute Gasteiger partial charge is 0.454 e. The Morgan fingerprint density at radius 2 is 2.06 bits per heavy atom. The molecule has 0 bridgehead atoms. The van der Waals surface area contributed by atoms with Gasteiger partial charge in [0, 0.05) is 11.3 Å². The van der Waals surface area contributed by atoms with Crippen LogP contribution in [0.3, 0.4) is 0 Å². The highest BCUT2D eigenvalue weighted by molar-refractivity contribution is 5.76. The summed E-state index contributed by atoms with van der Waals surface area (Å²) >= 11 is 0. The first-order valence-electron chi connectivity index (χ1n) is 7.32. The second-order valence-electron chi connectivity index (χ2n) is 7.00. The number of allylic oxidation sites excluding steroid dienone is 1. The van der Waals surface area contributed by atoms with Crippen molar-refractivity contribution in [2.75, 3.05) is 0 Å². The van der Waals surface area contributed by atoms with Crippen LogP contribution in [-0.2, 0) is 9.53 Å². The fraction of sp³-hybridized carbons (Fsp3) is 0.812. The van der Waals surface area contributed by atoms with Gasteiger partial charge >= 0.3 is 5.97 Å². The van der Waals surface area contributed by atoms with Gasteiger partial charge in [-0.2, -0.15) is 0 Å². The second kappa shape index (κ2) is 3.61. The summed E-state index contributed by atoms with van der Waals surface area (Å²) in [6.45, 7) is 8.92. The summed E-state index contributed by atoms with van der Waals surface area (Å²) < 4.78 is 6.00. The lowest BCUT2D eigenvalue weighted by Crippen LogP contribution is -2.57. The first kappa shape index (κ1) is 12.3. The number of esters is 1. The smallest absolute Gasteiger partial charge is 0.310 e. The number of rotatable bonds is 0. The number of carbonyl (C=O) groups excluding carboxylic acids is 1. The van der Waals surface area contributed by atoms with Gasteiger partial charge in [0.2, 0.25) is 0 Å². The highest BCUT2D eigenvalue weighted by Gasteiger charge is 2.65. The van der Waals surface area contributed by atoms with Crippen molar-refractivity contribution < 1.29 is 9.53 Å². The van der Waals surface area contributed by atoms with E-state index in [4.69, 9.17) is 4.74 Å².